The van der Waals surface area contributed by atoms with Crippen molar-refractivity contribution in [3.8, 4) is 0 Å². The molecule has 0 radical (unpaired) electrons. The maximum absolute atomic E-state index is 12.9. The maximum Gasteiger partial charge on any atom is 0.256 e. The number of nitrogens with zero attached hydrogens (tertiary/aromatic N) is 2. The van der Waals surface area contributed by atoms with Crippen LogP contribution >= 0.6 is 0 Å². The van der Waals surface area contributed by atoms with Crippen molar-refractivity contribution in [3.05, 3.63) is 36.0 Å². The van der Waals surface area contributed by atoms with Crippen molar-refractivity contribution in [1.82, 2.24) is 14.8 Å². The van der Waals surface area contributed by atoms with Crippen molar-refractivity contribution in [3.63, 3.8) is 0 Å². The lowest BCUT2D eigenvalue weighted by molar-refractivity contribution is -0.132. The van der Waals surface area contributed by atoms with E-state index in [1.165, 1.54) is 0 Å². The number of carbonyl (C=O) groups excluding carboxylic acids is 2. The van der Waals surface area contributed by atoms with Crippen molar-refractivity contribution >= 4 is 22.7 Å². The Bertz CT molecular complexity index is 748. The molecule has 5 nitrogen and oxygen atoms in total. The standard InChI is InChI=1S/C18H21N3O2/c22-17(13-6-7-13)20-8-3-9-21(11-10-20)18(23)15-12-19-16-5-2-1-4-14(15)16/h1-2,4-5,12-13,19H,3,6-11H2. The number of hydrogen-bond acceptors (Lipinski definition) is 2. The molecule has 0 unspecified atom stereocenters. The van der Waals surface area contributed by atoms with Crippen molar-refractivity contribution in [1.29, 1.82) is 0 Å². The van der Waals surface area contributed by atoms with Gasteiger partial charge < -0.3 is 14.8 Å². The van der Waals surface area contributed by atoms with E-state index in [9.17, 15) is 9.59 Å². The summed E-state index contributed by atoms with van der Waals surface area (Å²) in [5.41, 5.74) is 1.71. The summed E-state index contributed by atoms with van der Waals surface area (Å²) in [6.07, 6.45) is 4.72. The number of amides is 2. The van der Waals surface area contributed by atoms with Crippen molar-refractivity contribution in [2.45, 2.75) is 19.3 Å². The number of H-pyrrole nitrogens is 1. The van der Waals surface area contributed by atoms with Crippen molar-refractivity contribution in [2.24, 2.45) is 5.92 Å². The second kappa shape index (κ2) is 5.72. The van der Waals surface area contributed by atoms with Crippen LogP contribution in [-0.2, 0) is 4.79 Å². The van der Waals surface area contributed by atoms with E-state index in [4.69, 9.17) is 0 Å². The number of nitrogens with one attached hydrogen (secondary N) is 1. The zero-order valence-corrected chi connectivity index (χ0v) is 13.1. The molecule has 1 saturated carbocycles. The molecular formula is C18H21N3O2. The Morgan fingerprint density at radius 2 is 1.74 bits per heavy atom. The molecule has 0 spiro atoms. The number of carbonyl (C=O) groups is 2. The van der Waals surface area contributed by atoms with Gasteiger partial charge in [-0.3, -0.25) is 9.59 Å². The predicted octanol–water partition coefficient (Wildman–Crippen LogP) is 2.25. The Labute approximate surface area is 135 Å². The molecule has 2 heterocycles. The number of benzene rings is 1. The summed E-state index contributed by atoms with van der Waals surface area (Å²) in [4.78, 5) is 32.1. The summed E-state index contributed by atoms with van der Waals surface area (Å²) < 4.78 is 0. The molecule has 1 aromatic heterocycles. The van der Waals surface area contributed by atoms with Gasteiger partial charge in [-0.05, 0) is 25.3 Å². The van der Waals surface area contributed by atoms with Crippen molar-refractivity contribution in [2.75, 3.05) is 26.2 Å². The Hall–Kier alpha value is -2.30. The predicted molar refractivity (Wildman–Crippen MR) is 88.1 cm³/mol. The van der Waals surface area contributed by atoms with E-state index >= 15 is 0 Å². The summed E-state index contributed by atoms with van der Waals surface area (Å²) in [5, 5.41) is 0.965. The highest BCUT2D eigenvalue weighted by atomic mass is 16.2. The number of fused-ring (bicyclic) bond motifs is 1. The molecule has 120 valence electrons. The Balaban J connectivity index is 1.49. The topological polar surface area (TPSA) is 56.4 Å². The average Bonchev–Trinajstić information content (AvgIpc) is 3.37. The first kappa shape index (κ1) is 14.3. The van der Waals surface area contributed by atoms with E-state index in [1.807, 2.05) is 34.1 Å². The van der Waals surface area contributed by atoms with Gasteiger partial charge in [0.1, 0.15) is 0 Å². The third-order valence-corrected chi connectivity index (χ3v) is 4.84. The second-order valence-corrected chi connectivity index (χ2v) is 6.49. The van der Waals surface area contributed by atoms with Gasteiger partial charge >= 0.3 is 0 Å². The molecule has 4 rings (SSSR count). The number of rotatable bonds is 2. The van der Waals surface area contributed by atoms with Crippen LogP contribution < -0.4 is 0 Å². The van der Waals surface area contributed by atoms with Crippen LogP contribution in [0.1, 0.15) is 29.6 Å². The fourth-order valence-corrected chi connectivity index (χ4v) is 3.35. The first-order valence-electron chi connectivity index (χ1n) is 8.38. The minimum absolute atomic E-state index is 0.0585. The molecule has 1 aliphatic heterocycles. The summed E-state index contributed by atoms with van der Waals surface area (Å²) in [5.74, 6) is 0.598. The summed E-state index contributed by atoms with van der Waals surface area (Å²) >= 11 is 0. The number of hydrogen-bond donors (Lipinski definition) is 1. The third-order valence-electron chi connectivity index (χ3n) is 4.84. The van der Waals surface area contributed by atoms with Crippen LogP contribution in [0.3, 0.4) is 0 Å². The lowest BCUT2D eigenvalue weighted by Gasteiger charge is -2.22. The second-order valence-electron chi connectivity index (χ2n) is 6.49. The molecule has 0 atom stereocenters. The highest BCUT2D eigenvalue weighted by molar-refractivity contribution is 6.06. The van der Waals surface area contributed by atoms with E-state index in [1.54, 1.807) is 6.20 Å². The summed E-state index contributed by atoms with van der Waals surface area (Å²) in [7, 11) is 0. The van der Waals surface area contributed by atoms with Crippen LogP contribution in [0.5, 0.6) is 0 Å². The first-order chi connectivity index (χ1) is 11.2. The largest absolute Gasteiger partial charge is 0.360 e. The molecule has 2 amide bonds. The van der Waals surface area contributed by atoms with Crippen LogP contribution in [0.25, 0.3) is 10.9 Å². The molecule has 2 fully saturated rings. The molecule has 1 saturated heterocycles. The Kier molecular flexibility index (Phi) is 3.56. The van der Waals surface area contributed by atoms with Gasteiger partial charge in [0.15, 0.2) is 0 Å². The number of aromatic amines is 1. The van der Waals surface area contributed by atoms with E-state index in [0.717, 1.165) is 42.3 Å². The highest BCUT2D eigenvalue weighted by Crippen LogP contribution is 2.31. The summed E-state index contributed by atoms with van der Waals surface area (Å²) in [6, 6.07) is 7.86. The minimum Gasteiger partial charge on any atom is -0.360 e. The molecule has 5 heteroatoms. The van der Waals surface area contributed by atoms with Crippen LogP contribution in [0.2, 0.25) is 0 Å². The molecule has 2 aromatic rings. The fraction of sp³-hybridized carbons (Fsp3) is 0.444. The first-order valence-corrected chi connectivity index (χ1v) is 8.38. The van der Waals surface area contributed by atoms with E-state index in [0.29, 0.717) is 19.6 Å². The maximum atomic E-state index is 12.9. The quantitative estimate of drug-likeness (QED) is 0.925. The average molecular weight is 311 g/mol. The zero-order valence-electron chi connectivity index (χ0n) is 13.1. The van der Waals surface area contributed by atoms with Crippen LogP contribution in [0.4, 0.5) is 0 Å². The molecule has 1 aromatic carbocycles. The van der Waals surface area contributed by atoms with E-state index in [2.05, 4.69) is 4.98 Å². The molecule has 0 bridgehead atoms. The Morgan fingerprint density at radius 1 is 1.00 bits per heavy atom. The number of aromatic nitrogens is 1. The van der Waals surface area contributed by atoms with Gasteiger partial charge in [-0.15, -0.1) is 0 Å². The van der Waals surface area contributed by atoms with Gasteiger partial charge in [0.05, 0.1) is 5.56 Å². The molecule has 23 heavy (non-hydrogen) atoms. The van der Waals surface area contributed by atoms with Crippen LogP contribution in [0, 0.1) is 5.92 Å². The zero-order chi connectivity index (χ0) is 15.8. The van der Waals surface area contributed by atoms with Gasteiger partial charge in [0, 0.05) is 49.2 Å². The van der Waals surface area contributed by atoms with E-state index in [-0.39, 0.29) is 17.7 Å². The lowest BCUT2D eigenvalue weighted by Crippen LogP contribution is -2.37. The third kappa shape index (κ3) is 2.71. The van der Waals surface area contributed by atoms with Gasteiger partial charge in [-0.2, -0.15) is 0 Å². The molecular weight excluding hydrogens is 290 g/mol. The minimum atomic E-state index is 0.0585. The van der Waals surface area contributed by atoms with Crippen molar-refractivity contribution < 1.29 is 9.59 Å². The normalized spacial score (nSPS) is 19.0. The molecule has 1 aliphatic carbocycles. The van der Waals surface area contributed by atoms with E-state index < -0.39 is 0 Å². The van der Waals surface area contributed by atoms with Crippen LogP contribution in [0.15, 0.2) is 30.5 Å². The summed E-state index contributed by atoms with van der Waals surface area (Å²) in [6.45, 7) is 2.76. The number of para-hydroxylation sites is 1. The Morgan fingerprint density at radius 3 is 2.57 bits per heavy atom. The van der Waals surface area contributed by atoms with Crippen LogP contribution in [-0.4, -0.2) is 52.8 Å². The van der Waals surface area contributed by atoms with Gasteiger partial charge in [0.2, 0.25) is 5.91 Å². The van der Waals surface area contributed by atoms with Gasteiger partial charge in [0.25, 0.3) is 5.91 Å². The SMILES string of the molecule is O=C(c1c[nH]c2ccccc12)N1CCCN(C(=O)C2CC2)CC1. The molecule has 1 N–H and O–H groups in total. The highest BCUT2D eigenvalue weighted by Gasteiger charge is 2.34. The fourth-order valence-electron chi connectivity index (χ4n) is 3.35. The van der Waals surface area contributed by atoms with Gasteiger partial charge in [-0.1, -0.05) is 18.2 Å². The smallest absolute Gasteiger partial charge is 0.256 e. The lowest BCUT2D eigenvalue weighted by atomic mass is 10.1. The molecule has 2 aliphatic rings. The van der Waals surface area contributed by atoms with Gasteiger partial charge in [-0.25, -0.2) is 0 Å². The monoisotopic (exact) mass is 311 g/mol.